The first-order valence-electron chi connectivity index (χ1n) is 4.60. The molecular weight excluding hydrogens is 244 g/mol. The van der Waals surface area contributed by atoms with Crippen molar-refractivity contribution in [2.75, 3.05) is 0 Å². The number of aromatic nitrogens is 2. The van der Waals surface area contributed by atoms with E-state index in [1.807, 2.05) is 5.10 Å². The Morgan fingerprint density at radius 1 is 1.12 bits per heavy atom. The second-order valence-corrected chi connectivity index (χ2v) is 5.10. The topological polar surface area (TPSA) is 100 Å². The molecule has 88 valence electrons. The van der Waals surface area contributed by atoms with Crippen molar-refractivity contribution in [3.8, 4) is 5.75 Å². The predicted molar refractivity (Wildman–Crippen MR) is 58.4 cm³/mol. The predicted octanol–water partition coefficient (Wildman–Crippen LogP) is 0.308. The number of para-hydroxylation sites is 1. The van der Waals surface area contributed by atoms with E-state index < -0.39 is 15.4 Å². The Kier molecular flexibility index (Phi) is 2.68. The van der Waals surface area contributed by atoms with Crippen LogP contribution in [-0.2, 0) is 9.84 Å². The molecule has 6 nitrogen and oxygen atoms in total. The van der Waals surface area contributed by atoms with Gasteiger partial charge in [-0.2, -0.15) is 5.10 Å². The Morgan fingerprint density at radius 2 is 1.82 bits per heavy atom. The van der Waals surface area contributed by atoms with Crippen LogP contribution < -0.4 is 5.56 Å². The van der Waals surface area contributed by atoms with E-state index in [9.17, 15) is 18.3 Å². The molecular formula is C10H8N2O4S. The summed E-state index contributed by atoms with van der Waals surface area (Å²) >= 11 is 0. The number of hydrogen-bond donors (Lipinski definition) is 2. The highest BCUT2D eigenvalue weighted by Gasteiger charge is 2.22. The van der Waals surface area contributed by atoms with E-state index in [1.165, 1.54) is 24.3 Å². The molecule has 0 saturated heterocycles. The lowest BCUT2D eigenvalue weighted by Gasteiger charge is -2.04. The third-order valence-corrected chi connectivity index (χ3v) is 3.79. The van der Waals surface area contributed by atoms with Crippen molar-refractivity contribution in [2.24, 2.45) is 0 Å². The fourth-order valence-corrected chi connectivity index (χ4v) is 2.52. The van der Waals surface area contributed by atoms with Gasteiger partial charge in [0.05, 0.1) is 0 Å². The molecule has 0 radical (unpaired) electrons. The van der Waals surface area contributed by atoms with Crippen LogP contribution in [0.5, 0.6) is 5.75 Å². The molecule has 0 amide bonds. The largest absolute Gasteiger partial charge is 0.507 e. The smallest absolute Gasteiger partial charge is 0.264 e. The number of nitrogens with one attached hydrogen (secondary N) is 1. The van der Waals surface area contributed by atoms with Crippen LogP contribution in [0, 0.1) is 0 Å². The van der Waals surface area contributed by atoms with Crippen LogP contribution in [0.2, 0.25) is 0 Å². The molecule has 1 aromatic carbocycles. The molecule has 2 aromatic rings. The summed E-state index contributed by atoms with van der Waals surface area (Å²) in [6.07, 6.45) is 0. The van der Waals surface area contributed by atoms with Gasteiger partial charge in [0.1, 0.15) is 10.6 Å². The van der Waals surface area contributed by atoms with Gasteiger partial charge in [0.2, 0.25) is 9.84 Å². The first-order chi connectivity index (χ1) is 8.01. The number of nitrogens with zero attached hydrogens (tertiary/aromatic N) is 1. The van der Waals surface area contributed by atoms with Crippen molar-refractivity contribution >= 4 is 9.84 Å². The standard InChI is InChI=1S/C10H8N2O4S/c13-7-3-1-2-4-8(7)17(15,16)10-6-5-9(14)11-12-10/h1-6,13H,(H,11,14). The minimum atomic E-state index is -3.92. The molecule has 0 aliphatic rings. The van der Waals surface area contributed by atoms with Gasteiger partial charge >= 0.3 is 0 Å². The summed E-state index contributed by atoms with van der Waals surface area (Å²) in [5.74, 6) is -0.361. The summed E-state index contributed by atoms with van der Waals surface area (Å²) in [7, 11) is -3.92. The van der Waals surface area contributed by atoms with Gasteiger partial charge in [-0.05, 0) is 18.2 Å². The Hall–Kier alpha value is -2.15. The van der Waals surface area contributed by atoms with E-state index in [4.69, 9.17) is 0 Å². The normalized spacial score (nSPS) is 11.3. The van der Waals surface area contributed by atoms with Crippen molar-refractivity contribution < 1.29 is 13.5 Å². The lowest BCUT2D eigenvalue weighted by Crippen LogP contribution is -2.12. The number of phenols is 1. The number of phenolic OH excluding ortho intramolecular Hbond substituents is 1. The highest BCUT2D eigenvalue weighted by molar-refractivity contribution is 7.91. The van der Waals surface area contributed by atoms with Crippen molar-refractivity contribution in [1.29, 1.82) is 0 Å². The van der Waals surface area contributed by atoms with Crippen LogP contribution >= 0.6 is 0 Å². The van der Waals surface area contributed by atoms with Gasteiger partial charge in [-0.25, -0.2) is 13.5 Å². The van der Waals surface area contributed by atoms with Crippen molar-refractivity contribution in [2.45, 2.75) is 9.92 Å². The molecule has 0 fully saturated rings. The van der Waals surface area contributed by atoms with Crippen LogP contribution in [-0.4, -0.2) is 23.7 Å². The number of H-pyrrole nitrogens is 1. The van der Waals surface area contributed by atoms with E-state index in [1.54, 1.807) is 0 Å². The second-order valence-electron chi connectivity index (χ2n) is 3.23. The zero-order chi connectivity index (χ0) is 12.5. The Balaban J connectivity index is 2.62. The average Bonchev–Trinajstić information content (AvgIpc) is 2.30. The Morgan fingerprint density at radius 3 is 2.41 bits per heavy atom. The fourth-order valence-electron chi connectivity index (χ4n) is 1.28. The maximum Gasteiger partial charge on any atom is 0.264 e. The van der Waals surface area contributed by atoms with Gasteiger partial charge in [-0.1, -0.05) is 12.1 Å². The van der Waals surface area contributed by atoms with E-state index in [-0.39, 0.29) is 15.7 Å². The molecule has 0 atom stereocenters. The Bertz CT molecular complexity index is 686. The molecule has 2 N–H and O–H groups in total. The Labute approximate surface area is 96.5 Å². The summed E-state index contributed by atoms with van der Waals surface area (Å²) < 4.78 is 24.0. The lowest BCUT2D eigenvalue weighted by molar-refractivity contribution is 0.458. The number of aromatic amines is 1. The molecule has 0 aliphatic heterocycles. The quantitative estimate of drug-likeness (QED) is 0.801. The van der Waals surface area contributed by atoms with Crippen LogP contribution in [0.15, 0.2) is 51.1 Å². The molecule has 0 saturated carbocycles. The third kappa shape index (κ3) is 2.04. The summed E-state index contributed by atoms with van der Waals surface area (Å²) in [6.45, 7) is 0. The minimum absolute atomic E-state index is 0.250. The molecule has 0 bridgehead atoms. The van der Waals surface area contributed by atoms with Gasteiger partial charge in [0.25, 0.3) is 5.56 Å². The van der Waals surface area contributed by atoms with Gasteiger partial charge in [0.15, 0.2) is 5.03 Å². The molecule has 0 spiro atoms. The zero-order valence-corrected chi connectivity index (χ0v) is 9.31. The van der Waals surface area contributed by atoms with E-state index in [0.29, 0.717) is 0 Å². The van der Waals surface area contributed by atoms with Gasteiger partial charge in [0, 0.05) is 6.07 Å². The number of benzene rings is 1. The van der Waals surface area contributed by atoms with Crippen molar-refractivity contribution in [3.63, 3.8) is 0 Å². The maximum atomic E-state index is 12.0. The van der Waals surface area contributed by atoms with E-state index in [2.05, 4.69) is 5.10 Å². The highest BCUT2D eigenvalue weighted by Crippen LogP contribution is 2.26. The molecule has 17 heavy (non-hydrogen) atoms. The van der Waals surface area contributed by atoms with Crippen LogP contribution in [0.3, 0.4) is 0 Å². The number of aromatic hydroxyl groups is 1. The minimum Gasteiger partial charge on any atom is -0.507 e. The highest BCUT2D eigenvalue weighted by atomic mass is 32.2. The van der Waals surface area contributed by atoms with Gasteiger partial charge in [-0.15, -0.1) is 0 Å². The monoisotopic (exact) mass is 252 g/mol. The van der Waals surface area contributed by atoms with Crippen LogP contribution in [0.1, 0.15) is 0 Å². The molecule has 0 unspecified atom stereocenters. The lowest BCUT2D eigenvalue weighted by atomic mass is 10.3. The third-order valence-electron chi connectivity index (χ3n) is 2.08. The number of hydrogen-bond acceptors (Lipinski definition) is 5. The molecule has 1 aromatic heterocycles. The van der Waals surface area contributed by atoms with E-state index >= 15 is 0 Å². The summed E-state index contributed by atoms with van der Waals surface area (Å²) in [6, 6.07) is 7.66. The molecule has 7 heteroatoms. The summed E-state index contributed by atoms with van der Waals surface area (Å²) in [5.41, 5.74) is -0.499. The molecule has 0 aliphatic carbocycles. The first-order valence-corrected chi connectivity index (χ1v) is 6.09. The number of sulfone groups is 1. The number of rotatable bonds is 2. The summed E-state index contributed by atoms with van der Waals surface area (Å²) in [5, 5.41) is 14.6. The molecule has 2 rings (SSSR count). The van der Waals surface area contributed by atoms with E-state index in [0.717, 1.165) is 12.1 Å². The molecule has 1 heterocycles. The zero-order valence-electron chi connectivity index (χ0n) is 8.49. The SMILES string of the molecule is O=c1ccc(S(=O)(=O)c2ccccc2O)n[nH]1. The fraction of sp³-hybridized carbons (Fsp3) is 0. The summed E-state index contributed by atoms with van der Waals surface area (Å²) in [4.78, 5) is 10.5. The van der Waals surface area contributed by atoms with Gasteiger partial charge < -0.3 is 5.11 Å². The first kappa shape index (κ1) is 11.3. The second kappa shape index (κ2) is 4.02. The maximum absolute atomic E-state index is 12.0. The van der Waals surface area contributed by atoms with Crippen molar-refractivity contribution in [1.82, 2.24) is 10.2 Å². The van der Waals surface area contributed by atoms with Crippen molar-refractivity contribution in [3.05, 3.63) is 46.8 Å². The van der Waals surface area contributed by atoms with Gasteiger partial charge in [-0.3, -0.25) is 4.79 Å². The van der Waals surface area contributed by atoms with Crippen LogP contribution in [0.4, 0.5) is 0 Å². The average molecular weight is 252 g/mol. The van der Waals surface area contributed by atoms with Crippen LogP contribution in [0.25, 0.3) is 0 Å².